The van der Waals surface area contributed by atoms with Gasteiger partial charge in [-0.25, -0.2) is 4.79 Å². The molecule has 0 saturated carbocycles. The van der Waals surface area contributed by atoms with E-state index in [-0.39, 0.29) is 24.3 Å². The van der Waals surface area contributed by atoms with Crippen LogP contribution in [0.2, 0.25) is 0 Å². The lowest BCUT2D eigenvalue weighted by molar-refractivity contribution is -0.132. The minimum Gasteiger partial charge on any atom is -0.479 e. The van der Waals surface area contributed by atoms with Crippen molar-refractivity contribution < 1.29 is 23.9 Å². The molecule has 1 aromatic carbocycles. The van der Waals surface area contributed by atoms with Crippen LogP contribution in [0.15, 0.2) is 24.3 Å². The molecule has 0 bridgehead atoms. The Labute approximate surface area is 158 Å². The van der Waals surface area contributed by atoms with Crippen LogP contribution in [0.4, 0.5) is 10.5 Å². The Hall–Kier alpha value is -2.77. The molecule has 1 aromatic rings. The van der Waals surface area contributed by atoms with E-state index in [0.717, 1.165) is 0 Å². The van der Waals surface area contributed by atoms with Crippen LogP contribution in [-0.2, 0) is 14.3 Å². The summed E-state index contributed by atoms with van der Waals surface area (Å²) >= 11 is 0. The number of rotatable bonds is 4. The Morgan fingerprint density at radius 1 is 1.15 bits per heavy atom. The van der Waals surface area contributed by atoms with E-state index in [1.807, 2.05) is 24.3 Å². The van der Waals surface area contributed by atoms with Crippen molar-refractivity contribution in [2.75, 3.05) is 44.2 Å². The Balaban J connectivity index is 1.55. The van der Waals surface area contributed by atoms with E-state index in [0.29, 0.717) is 50.8 Å². The van der Waals surface area contributed by atoms with Gasteiger partial charge in [0.2, 0.25) is 5.91 Å². The van der Waals surface area contributed by atoms with E-state index in [4.69, 9.17) is 9.47 Å². The molecular formula is C19H25N3O5. The number of amides is 3. The first kappa shape index (κ1) is 19.0. The highest BCUT2D eigenvalue weighted by molar-refractivity contribution is 6.00. The third-order valence-corrected chi connectivity index (χ3v) is 4.78. The summed E-state index contributed by atoms with van der Waals surface area (Å²) in [7, 11) is 0. The van der Waals surface area contributed by atoms with Crippen molar-refractivity contribution in [1.29, 1.82) is 0 Å². The molecule has 8 nitrogen and oxygen atoms in total. The van der Waals surface area contributed by atoms with Gasteiger partial charge in [-0.3, -0.25) is 9.59 Å². The zero-order valence-electron chi connectivity index (χ0n) is 15.7. The highest BCUT2D eigenvalue weighted by Gasteiger charge is 2.32. The average molecular weight is 375 g/mol. The number of carbonyl (C=O) groups excluding carboxylic acids is 3. The van der Waals surface area contributed by atoms with Gasteiger partial charge in [-0.2, -0.15) is 0 Å². The van der Waals surface area contributed by atoms with E-state index >= 15 is 0 Å². The molecule has 0 N–H and O–H groups in total. The Bertz CT molecular complexity index is 715. The molecule has 1 saturated heterocycles. The lowest BCUT2D eigenvalue weighted by atomic mass is 10.1. The molecule has 0 aliphatic carbocycles. The van der Waals surface area contributed by atoms with Crippen molar-refractivity contribution in [1.82, 2.24) is 9.80 Å². The maximum atomic E-state index is 12.6. The molecule has 0 radical (unpaired) electrons. The minimum atomic E-state index is -0.567. The van der Waals surface area contributed by atoms with Crippen LogP contribution in [0.1, 0.15) is 20.3 Å². The van der Waals surface area contributed by atoms with Crippen molar-refractivity contribution in [3.8, 4) is 5.75 Å². The first-order chi connectivity index (χ1) is 13.0. The number of hydrogen-bond donors (Lipinski definition) is 0. The van der Waals surface area contributed by atoms with Gasteiger partial charge in [0.15, 0.2) is 6.10 Å². The van der Waals surface area contributed by atoms with Gasteiger partial charge in [-0.1, -0.05) is 12.1 Å². The second kappa shape index (κ2) is 8.28. The zero-order chi connectivity index (χ0) is 19.4. The maximum absolute atomic E-state index is 12.6. The average Bonchev–Trinajstić information content (AvgIpc) is 2.68. The second-order valence-electron chi connectivity index (χ2n) is 6.53. The molecule has 27 heavy (non-hydrogen) atoms. The van der Waals surface area contributed by atoms with Gasteiger partial charge in [-0.15, -0.1) is 0 Å². The van der Waals surface area contributed by atoms with Crippen LogP contribution in [-0.4, -0.2) is 73.1 Å². The van der Waals surface area contributed by atoms with Gasteiger partial charge in [0.1, 0.15) is 5.75 Å². The van der Waals surface area contributed by atoms with E-state index in [9.17, 15) is 14.4 Å². The molecular weight excluding hydrogens is 350 g/mol. The SMILES string of the molecule is CCOC(=O)N1CCN(C(=O)CCN2C(=O)C(C)Oc3ccccc32)CC1. The monoisotopic (exact) mass is 375 g/mol. The van der Waals surface area contributed by atoms with Gasteiger partial charge in [0, 0.05) is 39.1 Å². The highest BCUT2D eigenvalue weighted by atomic mass is 16.6. The van der Waals surface area contributed by atoms with Gasteiger partial charge in [0.05, 0.1) is 12.3 Å². The Morgan fingerprint density at radius 3 is 2.52 bits per heavy atom. The number of benzene rings is 1. The standard InChI is InChI=1S/C19H25N3O5/c1-3-26-19(25)21-12-10-20(11-13-21)17(23)8-9-22-15-6-4-5-7-16(15)27-14(2)18(22)24/h4-7,14H,3,8-13H2,1-2H3. The molecule has 2 aliphatic rings. The largest absolute Gasteiger partial charge is 0.479 e. The van der Waals surface area contributed by atoms with Crippen LogP contribution in [0.3, 0.4) is 0 Å². The summed E-state index contributed by atoms with van der Waals surface area (Å²) in [6.45, 7) is 5.99. The molecule has 2 aliphatic heterocycles. The topological polar surface area (TPSA) is 79.4 Å². The van der Waals surface area contributed by atoms with E-state index in [1.54, 1.807) is 28.5 Å². The first-order valence-electron chi connectivity index (χ1n) is 9.27. The van der Waals surface area contributed by atoms with Crippen LogP contribution in [0.25, 0.3) is 0 Å². The van der Waals surface area contributed by atoms with Gasteiger partial charge in [0.25, 0.3) is 5.91 Å². The summed E-state index contributed by atoms with van der Waals surface area (Å²) in [5.41, 5.74) is 0.695. The molecule has 2 heterocycles. The predicted molar refractivity (Wildman–Crippen MR) is 98.7 cm³/mol. The zero-order valence-corrected chi connectivity index (χ0v) is 15.7. The quantitative estimate of drug-likeness (QED) is 0.797. The van der Waals surface area contributed by atoms with Gasteiger partial charge >= 0.3 is 6.09 Å². The van der Waals surface area contributed by atoms with Crippen molar-refractivity contribution in [2.45, 2.75) is 26.4 Å². The van der Waals surface area contributed by atoms with Crippen molar-refractivity contribution >= 4 is 23.6 Å². The van der Waals surface area contributed by atoms with Crippen molar-refractivity contribution in [2.24, 2.45) is 0 Å². The summed E-state index contributed by atoms with van der Waals surface area (Å²) in [6, 6.07) is 7.34. The molecule has 0 aromatic heterocycles. The molecule has 146 valence electrons. The molecule has 1 atom stereocenters. The van der Waals surface area contributed by atoms with Crippen molar-refractivity contribution in [3.63, 3.8) is 0 Å². The Morgan fingerprint density at radius 2 is 1.81 bits per heavy atom. The number of para-hydroxylation sites is 2. The van der Waals surface area contributed by atoms with Crippen LogP contribution in [0, 0.1) is 0 Å². The van der Waals surface area contributed by atoms with Crippen LogP contribution < -0.4 is 9.64 Å². The van der Waals surface area contributed by atoms with Gasteiger partial charge < -0.3 is 24.2 Å². The Kier molecular flexibility index (Phi) is 5.83. The molecule has 0 spiro atoms. The fourth-order valence-corrected chi connectivity index (χ4v) is 3.31. The minimum absolute atomic E-state index is 0.0251. The summed E-state index contributed by atoms with van der Waals surface area (Å²) in [6.07, 6.45) is -0.677. The molecule has 3 rings (SSSR count). The summed E-state index contributed by atoms with van der Waals surface area (Å²) in [5, 5.41) is 0. The maximum Gasteiger partial charge on any atom is 0.409 e. The third-order valence-electron chi connectivity index (χ3n) is 4.78. The number of carbonyl (C=O) groups is 3. The smallest absolute Gasteiger partial charge is 0.409 e. The molecule has 1 fully saturated rings. The second-order valence-corrected chi connectivity index (χ2v) is 6.53. The number of hydrogen-bond acceptors (Lipinski definition) is 5. The number of piperazine rings is 1. The first-order valence-corrected chi connectivity index (χ1v) is 9.27. The van der Waals surface area contributed by atoms with Crippen molar-refractivity contribution in [3.05, 3.63) is 24.3 Å². The lowest BCUT2D eigenvalue weighted by Crippen LogP contribution is -2.51. The summed E-state index contributed by atoms with van der Waals surface area (Å²) in [5.74, 6) is 0.483. The molecule has 8 heteroatoms. The fraction of sp³-hybridized carbons (Fsp3) is 0.526. The predicted octanol–water partition coefficient (Wildman–Crippen LogP) is 1.49. The van der Waals surface area contributed by atoms with Gasteiger partial charge in [-0.05, 0) is 26.0 Å². The molecule has 3 amide bonds. The normalized spacial score (nSPS) is 19.4. The van der Waals surface area contributed by atoms with E-state index in [1.165, 1.54) is 0 Å². The fourth-order valence-electron chi connectivity index (χ4n) is 3.31. The lowest BCUT2D eigenvalue weighted by Gasteiger charge is -2.35. The van der Waals surface area contributed by atoms with Crippen LogP contribution in [0.5, 0.6) is 5.75 Å². The van der Waals surface area contributed by atoms with E-state index in [2.05, 4.69) is 0 Å². The third kappa shape index (κ3) is 4.15. The van der Waals surface area contributed by atoms with Crippen LogP contribution >= 0.6 is 0 Å². The highest BCUT2D eigenvalue weighted by Crippen LogP contribution is 2.33. The summed E-state index contributed by atoms with van der Waals surface area (Å²) < 4.78 is 10.6. The number of fused-ring (bicyclic) bond motifs is 1. The molecule has 1 unspecified atom stereocenters. The number of ether oxygens (including phenoxy) is 2. The number of nitrogens with zero attached hydrogens (tertiary/aromatic N) is 3. The number of anilines is 1. The van der Waals surface area contributed by atoms with E-state index < -0.39 is 6.10 Å². The summed E-state index contributed by atoms with van der Waals surface area (Å²) in [4.78, 5) is 41.7.